The van der Waals surface area contributed by atoms with E-state index in [0.29, 0.717) is 28.2 Å². The van der Waals surface area contributed by atoms with E-state index in [0.717, 1.165) is 29.8 Å². The van der Waals surface area contributed by atoms with Crippen LogP contribution in [-0.4, -0.2) is 14.4 Å². The summed E-state index contributed by atoms with van der Waals surface area (Å²) in [5.41, 5.74) is 4.28. The van der Waals surface area contributed by atoms with Crippen molar-refractivity contribution in [1.82, 2.24) is 14.4 Å². The Labute approximate surface area is 193 Å². The largest absolute Gasteiger partial charge is 0.416 e. The molecule has 0 amide bonds. The van der Waals surface area contributed by atoms with Crippen molar-refractivity contribution in [2.45, 2.75) is 19.5 Å². The minimum absolute atomic E-state index is 0.355. The Hall–Kier alpha value is -4.00. The van der Waals surface area contributed by atoms with Crippen LogP contribution in [0.5, 0.6) is 0 Å². The van der Waals surface area contributed by atoms with Crippen molar-refractivity contribution >= 4 is 5.78 Å². The second-order valence-corrected chi connectivity index (χ2v) is 7.96. The highest BCUT2D eigenvalue weighted by Gasteiger charge is 2.30. The van der Waals surface area contributed by atoms with Gasteiger partial charge in [-0.3, -0.25) is 4.40 Å². The van der Waals surface area contributed by atoms with Crippen molar-refractivity contribution in [3.8, 4) is 33.6 Å². The molecular formula is C27H19F4N3. The minimum Gasteiger partial charge on any atom is -0.282 e. The number of alkyl halides is 3. The normalized spacial score (nSPS) is 11.8. The summed E-state index contributed by atoms with van der Waals surface area (Å²) in [5.74, 6) is 0.0379. The molecule has 0 aliphatic heterocycles. The monoisotopic (exact) mass is 461 g/mol. The van der Waals surface area contributed by atoms with E-state index in [1.807, 2.05) is 24.3 Å². The average molecular weight is 461 g/mol. The molecule has 0 unspecified atom stereocenters. The zero-order chi connectivity index (χ0) is 23.9. The van der Waals surface area contributed by atoms with E-state index in [1.54, 1.807) is 28.8 Å². The first-order valence-corrected chi connectivity index (χ1v) is 10.7. The fraction of sp³-hybridized carbons (Fsp3) is 0.111. The van der Waals surface area contributed by atoms with Crippen molar-refractivity contribution in [3.05, 3.63) is 102 Å². The Balaban J connectivity index is 1.73. The zero-order valence-electron chi connectivity index (χ0n) is 18.1. The summed E-state index contributed by atoms with van der Waals surface area (Å²) < 4.78 is 55.1. The van der Waals surface area contributed by atoms with Gasteiger partial charge in [0.25, 0.3) is 0 Å². The second kappa shape index (κ2) is 8.41. The van der Waals surface area contributed by atoms with Gasteiger partial charge in [-0.2, -0.15) is 13.2 Å². The van der Waals surface area contributed by atoms with Gasteiger partial charge in [0.1, 0.15) is 5.82 Å². The topological polar surface area (TPSA) is 30.2 Å². The first-order valence-electron chi connectivity index (χ1n) is 10.7. The molecule has 0 fully saturated rings. The van der Waals surface area contributed by atoms with E-state index in [2.05, 4.69) is 16.9 Å². The number of rotatable bonds is 4. The van der Waals surface area contributed by atoms with Crippen LogP contribution in [0.2, 0.25) is 0 Å². The van der Waals surface area contributed by atoms with Crippen molar-refractivity contribution in [2.75, 3.05) is 0 Å². The van der Waals surface area contributed by atoms with Crippen LogP contribution in [0, 0.1) is 5.82 Å². The average Bonchev–Trinajstić information content (AvgIpc) is 3.23. The molecule has 34 heavy (non-hydrogen) atoms. The van der Waals surface area contributed by atoms with Gasteiger partial charge in [0, 0.05) is 29.1 Å². The molecule has 0 spiro atoms. The summed E-state index contributed by atoms with van der Waals surface area (Å²) in [5, 5.41) is 0. The number of nitrogens with zero attached hydrogens (tertiary/aromatic N) is 3. The Bertz CT molecular complexity index is 1470. The van der Waals surface area contributed by atoms with Crippen LogP contribution in [0.1, 0.15) is 18.1 Å². The molecule has 3 nitrogen and oxygen atoms in total. The fourth-order valence-electron chi connectivity index (χ4n) is 3.94. The molecule has 0 bridgehead atoms. The van der Waals surface area contributed by atoms with Gasteiger partial charge in [0.15, 0.2) is 0 Å². The minimum atomic E-state index is -4.44. The number of aromatic nitrogens is 3. The highest BCUT2D eigenvalue weighted by atomic mass is 19.4. The second-order valence-electron chi connectivity index (χ2n) is 7.96. The smallest absolute Gasteiger partial charge is 0.282 e. The Morgan fingerprint density at radius 1 is 0.824 bits per heavy atom. The summed E-state index contributed by atoms with van der Waals surface area (Å²) in [6.45, 7) is 2.07. The Morgan fingerprint density at radius 2 is 1.53 bits per heavy atom. The lowest BCUT2D eigenvalue weighted by atomic mass is 10.0. The van der Waals surface area contributed by atoms with Crippen LogP contribution in [0.4, 0.5) is 17.6 Å². The number of benzene rings is 3. The molecule has 3 aromatic carbocycles. The van der Waals surface area contributed by atoms with Crippen LogP contribution in [0.25, 0.3) is 39.4 Å². The maximum atomic E-state index is 13.6. The van der Waals surface area contributed by atoms with E-state index in [1.165, 1.54) is 30.0 Å². The molecule has 0 aliphatic carbocycles. The summed E-state index contributed by atoms with van der Waals surface area (Å²) in [4.78, 5) is 9.10. The number of imidazole rings is 1. The van der Waals surface area contributed by atoms with Gasteiger partial charge < -0.3 is 0 Å². The van der Waals surface area contributed by atoms with Gasteiger partial charge in [0.2, 0.25) is 5.78 Å². The third-order valence-corrected chi connectivity index (χ3v) is 5.76. The molecule has 5 aromatic rings. The number of fused-ring (bicyclic) bond motifs is 1. The zero-order valence-corrected chi connectivity index (χ0v) is 18.1. The highest BCUT2D eigenvalue weighted by Crippen LogP contribution is 2.35. The number of hydrogen-bond acceptors (Lipinski definition) is 2. The third-order valence-electron chi connectivity index (χ3n) is 5.76. The first-order chi connectivity index (χ1) is 16.3. The molecule has 2 aromatic heterocycles. The molecule has 7 heteroatoms. The SMILES string of the molecule is CCc1ccc(-c2c(-c3ccc(F)cc3)nc3ncc(-c4cccc(C(F)(F)F)c4)cn23)cc1. The lowest BCUT2D eigenvalue weighted by molar-refractivity contribution is -0.137. The summed E-state index contributed by atoms with van der Waals surface area (Å²) >= 11 is 0. The van der Waals surface area contributed by atoms with Gasteiger partial charge in [-0.15, -0.1) is 0 Å². The van der Waals surface area contributed by atoms with Gasteiger partial charge in [-0.1, -0.05) is 43.3 Å². The molecule has 0 N–H and O–H groups in total. The van der Waals surface area contributed by atoms with Crippen molar-refractivity contribution in [1.29, 1.82) is 0 Å². The van der Waals surface area contributed by atoms with Crippen molar-refractivity contribution in [2.24, 2.45) is 0 Å². The molecule has 0 saturated heterocycles. The van der Waals surface area contributed by atoms with Crippen LogP contribution in [-0.2, 0) is 12.6 Å². The number of hydrogen-bond donors (Lipinski definition) is 0. The summed E-state index contributed by atoms with van der Waals surface area (Å²) in [6, 6.07) is 19.2. The fourth-order valence-corrected chi connectivity index (χ4v) is 3.94. The first kappa shape index (κ1) is 21.8. The quantitative estimate of drug-likeness (QED) is 0.260. The van der Waals surface area contributed by atoms with Crippen LogP contribution in [0.15, 0.2) is 85.2 Å². The molecule has 0 atom stereocenters. The van der Waals surface area contributed by atoms with E-state index < -0.39 is 11.7 Å². The van der Waals surface area contributed by atoms with Gasteiger partial charge in [0.05, 0.1) is 17.0 Å². The van der Waals surface area contributed by atoms with Crippen molar-refractivity contribution < 1.29 is 17.6 Å². The number of halogens is 4. The maximum absolute atomic E-state index is 13.6. The van der Waals surface area contributed by atoms with Crippen LogP contribution < -0.4 is 0 Å². The maximum Gasteiger partial charge on any atom is 0.416 e. The van der Waals surface area contributed by atoms with E-state index in [-0.39, 0.29) is 5.82 Å². The van der Waals surface area contributed by atoms with Gasteiger partial charge in [-0.25, -0.2) is 14.4 Å². The predicted molar refractivity (Wildman–Crippen MR) is 124 cm³/mol. The molecule has 0 aliphatic rings. The van der Waals surface area contributed by atoms with E-state index >= 15 is 0 Å². The standard InChI is InChI=1S/C27H19F4N3/c1-2-17-6-8-19(9-7-17)25-24(18-10-12-23(28)13-11-18)33-26-32-15-21(16-34(25)26)20-4-3-5-22(14-20)27(29,30)31/h3-16H,2H2,1H3. The Morgan fingerprint density at radius 3 is 2.21 bits per heavy atom. The highest BCUT2D eigenvalue weighted by molar-refractivity contribution is 5.82. The third kappa shape index (κ3) is 4.05. The van der Waals surface area contributed by atoms with E-state index in [9.17, 15) is 17.6 Å². The number of aryl methyl sites for hydroxylation is 1. The van der Waals surface area contributed by atoms with Crippen molar-refractivity contribution in [3.63, 3.8) is 0 Å². The molecular weight excluding hydrogens is 442 g/mol. The molecule has 170 valence electrons. The Kier molecular flexibility index (Phi) is 5.40. The molecule has 5 rings (SSSR count). The van der Waals surface area contributed by atoms with E-state index in [4.69, 9.17) is 0 Å². The summed E-state index contributed by atoms with van der Waals surface area (Å²) in [6.07, 6.45) is -0.304. The molecule has 0 saturated carbocycles. The molecule has 2 heterocycles. The van der Waals surface area contributed by atoms with Gasteiger partial charge in [-0.05, 0) is 53.9 Å². The predicted octanol–water partition coefficient (Wildman–Crippen LogP) is 7.45. The molecule has 0 radical (unpaired) electrons. The van der Waals surface area contributed by atoms with Crippen LogP contribution in [0.3, 0.4) is 0 Å². The van der Waals surface area contributed by atoms with Crippen LogP contribution >= 0.6 is 0 Å². The van der Waals surface area contributed by atoms with Gasteiger partial charge >= 0.3 is 6.18 Å². The lowest BCUT2D eigenvalue weighted by Gasteiger charge is -2.10. The summed E-state index contributed by atoms with van der Waals surface area (Å²) in [7, 11) is 0. The lowest BCUT2D eigenvalue weighted by Crippen LogP contribution is -2.04.